The average molecular weight is 428 g/mol. The van der Waals surface area contributed by atoms with Gasteiger partial charge < -0.3 is 20.3 Å². The molecular formula is C25H37N3O3. The predicted molar refractivity (Wildman–Crippen MR) is 121 cm³/mol. The number of benzene rings is 1. The molecule has 4 rings (SSSR count). The van der Waals surface area contributed by atoms with E-state index in [0.29, 0.717) is 25.5 Å². The molecule has 2 aliphatic heterocycles. The zero-order chi connectivity index (χ0) is 21.7. The molecule has 1 aromatic rings. The highest BCUT2D eigenvalue weighted by atomic mass is 16.5. The van der Waals surface area contributed by atoms with E-state index < -0.39 is 0 Å². The Hall–Kier alpha value is -2.08. The number of ether oxygens (including phenoxy) is 1. The van der Waals surface area contributed by atoms with E-state index in [0.717, 1.165) is 57.9 Å². The summed E-state index contributed by atoms with van der Waals surface area (Å²) < 4.78 is 6.46. The number of hydrogen-bond donors (Lipinski definition) is 2. The number of hydrogen-bond acceptors (Lipinski definition) is 3. The minimum atomic E-state index is -0.347. The molecule has 3 amide bonds. The van der Waals surface area contributed by atoms with Crippen LogP contribution in [0.15, 0.2) is 30.3 Å². The van der Waals surface area contributed by atoms with Crippen molar-refractivity contribution in [1.82, 2.24) is 15.5 Å². The molecule has 3 aliphatic rings. The summed E-state index contributed by atoms with van der Waals surface area (Å²) in [5.41, 5.74) is 1.08. The molecule has 2 unspecified atom stereocenters. The van der Waals surface area contributed by atoms with Gasteiger partial charge in [0.1, 0.15) is 0 Å². The van der Waals surface area contributed by atoms with E-state index in [-0.39, 0.29) is 29.6 Å². The van der Waals surface area contributed by atoms with Crippen molar-refractivity contribution < 1.29 is 14.3 Å². The smallest absolute Gasteiger partial charge is 0.317 e. The zero-order valence-electron chi connectivity index (χ0n) is 18.8. The average Bonchev–Trinajstić information content (AvgIpc) is 2.79. The van der Waals surface area contributed by atoms with Crippen molar-refractivity contribution in [3.63, 3.8) is 0 Å². The Morgan fingerprint density at radius 3 is 2.61 bits per heavy atom. The Bertz CT molecular complexity index is 744. The Morgan fingerprint density at radius 1 is 1.16 bits per heavy atom. The fourth-order valence-corrected chi connectivity index (χ4v) is 5.85. The van der Waals surface area contributed by atoms with Gasteiger partial charge in [0.2, 0.25) is 5.91 Å². The molecule has 3 fully saturated rings. The number of likely N-dealkylation sites (tertiary alicyclic amines) is 1. The molecule has 2 atom stereocenters. The van der Waals surface area contributed by atoms with Crippen LogP contribution in [0.5, 0.6) is 0 Å². The van der Waals surface area contributed by atoms with Crippen LogP contribution in [0.25, 0.3) is 0 Å². The van der Waals surface area contributed by atoms with Gasteiger partial charge in [0, 0.05) is 19.5 Å². The number of piperidine rings is 2. The highest BCUT2D eigenvalue weighted by Gasteiger charge is 2.48. The van der Waals surface area contributed by atoms with Crippen LogP contribution >= 0.6 is 0 Å². The fraction of sp³-hybridized carbons (Fsp3) is 0.680. The van der Waals surface area contributed by atoms with Crippen LogP contribution in [0.1, 0.15) is 76.2 Å². The van der Waals surface area contributed by atoms with Gasteiger partial charge in [0.15, 0.2) is 0 Å². The van der Waals surface area contributed by atoms with Gasteiger partial charge in [-0.3, -0.25) is 4.79 Å². The van der Waals surface area contributed by atoms with E-state index in [4.69, 9.17) is 4.74 Å². The van der Waals surface area contributed by atoms with Crippen molar-refractivity contribution in [3.05, 3.63) is 35.9 Å². The van der Waals surface area contributed by atoms with Crippen LogP contribution in [-0.4, -0.2) is 54.2 Å². The molecule has 2 saturated heterocycles. The molecular weight excluding hydrogens is 390 g/mol. The number of carbonyl (C=O) groups excluding carboxylic acids is 2. The van der Waals surface area contributed by atoms with E-state index in [1.165, 1.54) is 5.56 Å². The Labute approximate surface area is 186 Å². The number of amides is 3. The molecule has 170 valence electrons. The van der Waals surface area contributed by atoms with E-state index in [9.17, 15) is 9.59 Å². The third-order valence-electron chi connectivity index (χ3n) is 7.47. The molecule has 1 saturated carbocycles. The SMILES string of the molecule is CCNC(=O)N1CCCC2(CCCC(=O)N2)C1COC1CCC(c2ccccc2)CC1. The zero-order valence-corrected chi connectivity index (χ0v) is 18.8. The van der Waals surface area contributed by atoms with E-state index >= 15 is 0 Å². The third-order valence-corrected chi connectivity index (χ3v) is 7.47. The summed E-state index contributed by atoms with van der Waals surface area (Å²) in [5.74, 6) is 0.726. The lowest BCUT2D eigenvalue weighted by atomic mass is 9.75. The minimum absolute atomic E-state index is 0.0391. The number of carbonyl (C=O) groups is 2. The molecule has 2 N–H and O–H groups in total. The summed E-state index contributed by atoms with van der Waals surface area (Å²) in [7, 11) is 0. The van der Waals surface area contributed by atoms with Gasteiger partial charge in [0.25, 0.3) is 0 Å². The monoisotopic (exact) mass is 427 g/mol. The molecule has 1 aromatic carbocycles. The summed E-state index contributed by atoms with van der Waals surface area (Å²) in [5, 5.41) is 6.24. The minimum Gasteiger partial charge on any atom is -0.376 e. The first-order valence-corrected chi connectivity index (χ1v) is 12.1. The highest BCUT2D eigenvalue weighted by molar-refractivity contribution is 5.79. The lowest BCUT2D eigenvalue weighted by Crippen LogP contribution is -2.69. The number of nitrogens with zero attached hydrogens (tertiary/aromatic N) is 1. The van der Waals surface area contributed by atoms with Crippen LogP contribution in [-0.2, 0) is 9.53 Å². The Morgan fingerprint density at radius 2 is 1.90 bits per heavy atom. The van der Waals surface area contributed by atoms with Crippen molar-refractivity contribution in [1.29, 1.82) is 0 Å². The molecule has 0 radical (unpaired) electrons. The second kappa shape index (κ2) is 10.0. The standard InChI is InChI=1S/C25H37N3O3/c1-2-26-24(30)28-17-7-16-25(15-6-10-23(29)27-25)22(28)18-31-21-13-11-20(12-14-21)19-8-4-3-5-9-19/h3-5,8-9,20-22H,2,6-7,10-18H2,1H3,(H,26,30)(H,27,29). The first-order valence-electron chi connectivity index (χ1n) is 12.1. The van der Waals surface area contributed by atoms with Crippen LogP contribution in [0.3, 0.4) is 0 Å². The maximum absolute atomic E-state index is 12.8. The quantitative estimate of drug-likeness (QED) is 0.747. The van der Waals surface area contributed by atoms with E-state index in [1.807, 2.05) is 11.8 Å². The lowest BCUT2D eigenvalue weighted by molar-refractivity contribution is -0.129. The largest absolute Gasteiger partial charge is 0.376 e. The Kier molecular flexibility index (Phi) is 7.16. The molecule has 2 heterocycles. The number of urea groups is 1. The maximum Gasteiger partial charge on any atom is 0.317 e. The van der Waals surface area contributed by atoms with Gasteiger partial charge in [-0.2, -0.15) is 0 Å². The Balaban J connectivity index is 1.40. The molecule has 0 aromatic heterocycles. The first-order chi connectivity index (χ1) is 15.1. The molecule has 6 heteroatoms. The lowest BCUT2D eigenvalue weighted by Gasteiger charge is -2.52. The number of rotatable bonds is 5. The van der Waals surface area contributed by atoms with E-state index in [1.54, 1.807) is 0 Å². The van der Waals surface area contributed by atoms with E-state index in [2.05, 4.69) is 41.0 Å². The maximum atomic E-state index is 12.8. The fourth-order valence-electron chi connectivity index (χ4n) is 5.85. The van der Waals surface area contributed by atoms with Crippen molar-refractivity contribution in [3.8, 4) is 0 Å². The molecule has 31 heavy (non-hydrogen) atoms. The predicted octanol–water partition coefficient (Wildman–Crippen LogP) is 3.96. The molecule has 6 nitrogen and oxygen atoms in total. The van der Waals surface area contributed by atoms with Crippen LogP contribution in [0.4, 0.5) is 4.79 Å². The van der Waals surface area contributed by atoms with Gasteiger partial charge >= 0.3 is 6.03 Å². The summed E-state index contributed by atoms with van der Waals surface area (Å²) >= 11 is 0. The van der Waals surface area contributed by atoms with Gasteiger partial charge in [0.05, 0.1) is 24.3 Å². The summed E-state index contributed by atoms with van der Waals surface area (Å²) in [6, 6.07) is 10.6. The van der Waals surface area contributed by atoms with Crippen molar-refractivity contribution in [2.24, 2.45) is 0 Å². The van der Waals surface area contributed by atoms with Gasteiger partial charge in [-0.15, -0.1) is 0 Å². The summed E-state index contributed by atoms with van der Waals surface area (Å²) in [4.78, 5) is 27.0. The second-order valence-corrected chi connectivity index (χ2v) is 9.42. The summed E-state index contributed by atoms with van der Waals surface area (Å²) in [6.45, 7) is 3.76. The number of nitrogens with one attached hydrogen (secondary N) is 2. The van der Waals surface area contributed by atoms with Crippen LogP contribution < -0.4 is 10.6 Å². The second-order valence-electron chi connectivity index (χ2n) is 9.42. The topological polar surface area (TPSA) is 70.7 Å². The normalized spacial score (nSPS) is 31.3. The van der Waals surface area contributed by atoms with Crippen molar-refractivity contribution >= 4 is 11.9 Å². The van der Waals surface area contributed by atoms with Crippen LogP contribution in [0, 0.1) is 0 Å². The van der Waals surface area contributed by atoms with Gasteiger partial charge in [-0.25, -0.2) is 4.79 Å². The van der Waals surface area contributed by atoms with Gasteiger partial charge in [-0.05, 0) is 69.8 Å². The van der Waals surface area contributed by atoms with Crippen molar-refractivity contribution in [2.75, 3.05) is 19.7 Å². The molecule has 1 spiro atoms. The van der Waals surface area contributed by atoms with Crippen molar-refractivity contribution in [2.45, 2.75) is 88.3 Å². The van der Waals surface area contributed by atoms with Crippen LogP contribution in [0.2, 0.25) is 0 Å². The van der Waals surface area contributed by atoms with Gasteiger partial charge in [-0.1, -0.05) is 30.3 Å². The third kappa shape index (κ3) is 5.05. The summed E-state index contributed by atoms with van der Waals surface area (Å²) in [6.07, 6.45) is 8.83. The highest BCUT2D eigenvalue weighted by Crippen LogP contribution is 2.37. The molecule has 1 aliphatic carbocycles. The molecule has 0 bridgehead atoms. The first kappa shape index (κ1) is 22.1.